The molecule has 1 aromatic rings. The van der Waals surface area contributed by atoms with Gasteiger partial charge in [0.15, 0.2) is 0 Å². The fraction of sp³-hybridized carbons (Fsp3) is 0.750. The predicted molar refractivity (Wildman–Crippen MR) is 61.6 cm³/mol. The molecule has 1 heterocycles. The van der Waals surface area contributed by atoms with Crippen molar-refractivity contribution in [2.24, 2.45) is 5.92 Å². The molecule has 1 saturated carbocycles. The normalized spacial score (nSPS) is 17.4. The van der Waals surface area contributed by atoms with Gasteiger partial charge in [0, 0.05) is 19.3 Å². The van der Waals surface area contributed by atoms with E-state index in [1.807, 2.05) is 12.5 Å². The van der Waals surface area contributed by atoms with Crippen molar-refractivity contribution in [3.8, 4) is 0 Å². The van der Waals surface area contributed by atoms with Crippen molar-refractivity contribution in [2.75, 3.05) is 6.54 Å². The molecule has 0 radical (unpaired) electrons. The van der Waals surface area contributed by atoms with Gasteiger partial charge in [0.05, 0.1) is 12.0 Å². The molecule has 2 rings (SSSR count). The summed E-state index contributed by atoms with van der Waals surface area (Å²) in [6, 6.07) is 0. The van der Waals surface area contributed by atoms with Gasteiger partial charge in [-0.25, -0.2) is 4.98 Å². The molecule has 0 aliphatic heterocycles. The molecule has 0 bridgehead atoms. The molecule has 0 unspecified atom stereocenters. The highest BCUT2D eigenvalue weighted by Gasteiger charge is 2.16. The van der Waals surface area contributed by atoms with Crippen LogP contribution in [0.15, 0.2) is 12.5 Å². The van der Waals surface area contributed by atoms with Crippen molar-refractivity contribution in [2.45, 2.75) is 45.7 Å². The van der Waals surface area contributed by atoms with Gasteiger partial charge in [-0.15, -0.1) is 0 Å². The maximum absolute atomic E-state index is 4.24. The van der Waals surface area contributed by atoms with Crippen molar-refractivity contribution in [3.05, 3.63) is 18.2 Å². The zero-order valence-corrected chi connectivity index (χ0v) is 9.58. The Kier molecular flexibility index (Phi) is 3.78. The summed E-state index contributed by atoms with van der Waals surface area (Å²) in [6.45, 7) is 5.27. The van der Waals surface area contributed by atoms with E-state index in [-0.39, 0.29) is 0 Å². The Balaban J connectivity index is 1.91. The van der Waals surface area contributed by atoms with Crippen molar-refractivity contribution in [1.82, 2.24) is 14.9 Å². The maximum atomic E-state index is 4.24. The molecule has 0 spiro atoms. The molecule has 0 aromatic carbocycles. The fourth-order valence-corrected chi connectivity index (χ4v) is 2.38. The second kappa shape index (κ2) is 5.31. The van der Waals surface area contributed by atoms with E-state index >= 15 is 0 Å². The monoisotopic (exact) mass is 207 g/mol. The lowest BCUT2D eigenvalue weighted by Gasteiger charge is -2.13. The molecule has 0 amide bonds. The second-order valence-corrected chi connectivity index (χ2v) is 4.47. The van der Waals surface area contributed by atoms with E-state index in [2.05, 4.69) is 21.8 Å². The van der Waals surface area contributed by atoms with Gasteiger partial charge in [-0.1, -0.05) is 19.8 Å². The first-order chi connectivity index (χ1) is 7.40. The summed E-state index contributed by atoms with van der Waals surface area (Å²) in [5.74, 6) is 0.888. The molecule has 3 heteroatoms. The van der Waals surface area contributed by atoms with E-state index in [4.69, 9.17) is 0 Å². The first-order valence-electron chi connectivity index (χ1n) is 6.10. The highest BCUT2D eigenvalue weighted by atomic mass is 15.1. The van der Waals surface area contributed by atoms with Gasteiger partial charge >= 0.3 is 0 Å². The van der Waals surface area contributed by atoms with E-state index in [0.717, 1.165) is 19.0 Å². The Morgan fingerprint density at radius 1 is 1.47 bits per heavy atom. The van der Waals surface area contributed by atoms with Gasteiger partial charge in [0.1, 0.15) is 0 Å². The van der Waals surface area contributed by atoms with Crippen molar-refractivity contribution < 1.29 is 0 Å². The summed E-state index contributed by atoms with van der Waals surface area (Å²) in [5.41, 5.74) is 1.32. The fourth-order valence-electron chi connectivity index (χ4n) is 2.38. The van der Waals surface area contributed by atoms with Crippen LogP contribution in [-0.4, -0.2) is 16.1 Å². The molecule has 1 aliphatic carbocycles. The van der Waals surface area contributed by atoms with Gasteiger partial charge in [-0.05, 0) is 25.3 Å². The molecule has 1 N–H and O–H groups in total. The maximum Gasteiger partial charge on any atom is 0.0948 e. The molecule has 1 aromatic heterocycles. The van der Waals surface area contributed by atoms with Crippen molar-refractivity contribution >= 4 is 0 Å². The first-order valence-corrected chi connectivity index (χ1v) is 6.10. The van der Waals surface area contributed by atoms with E-state index in [1.165, 1.54) is 37.9 Å². The van der Waals surface area contributed by atoms with Gasteiger partial charge in [0.2, 0.25) is 0 Å². The second-order valence-electron chi connectivity index (χ2n) is 4.47. The topological polar surface area (TPSA) is 29.9 Å². The Morgan fingerprint density at radius 2 is 2.27 bits per heavy atom. The number of rotatable bonds is 5. The third-order valence-electron chi connectivity index (χ3n) is 3.28. The highest BCUT2D eigenvalue weighted by Crippen LogP contribution is 2.26. The average Bonchev–Trinajstić information content (AvgIpc) is 2.87. The molecule has 0 saturated heterocycles. The number of hydrogen-bond donors (Lipinski definition) is 1. The van der Waals surface area contributed by atoms with Crippen LogP contribution < -0.4 is 5.32 Å². The van der Waals surface area contributed by atoms with Crippen LogP contribution in [0.2, 0.25) is 0 Å². The van der Waals surface area contributed by atoms with Crippen LogP contribution in [0.3, 0.4) is 0 Å². The third-order valence-corrected chi connectivity index (χ3v) is 3.28. The Hall–Kier alpha value is -0.830. The van der Waals surface area contributed by atoms with Gasteiger partial charge < -0.3 is 9.88 Å². The minimum atomic E-state index is 0.888. The minimum absolute atomic E-state index is 0.888. The summed E-state index contributed by atoms with van der Waals surface area (Å²) in [5, 5.41) is 3.36. The van der Waals surface area contributed by atoms with Crippen LogP contribution >= 0.6 is 0 Å². The lowest BCUT2D eigenvalue weighted by atomic mass is 10.1. The highest BCUT2D eigenvalue weighted by molar-refractivity contribution is 4.98. The van der Waals surface area contributed by atoms with Gasteiger partial charge in [0.25, 0.3) is 0 Å². The Morgan fingerprint density at radius 3 is 3.00 bits per heavy atom. The van der Waals surface area contributed by atoms with Crippen molar-refractivity contribution in [3.63, 3.8) is 0 Å². The zero-order chi connectivity index (χ0) is 10.5. The minimum Gasteiger partial charge on any atom is -0.333 e. The Labute approximate surface area is 91.9 Å². The zero-order valence-electron chi connectivity index (χ0n) is 9.58. The smallest absolute Gasteiger partial charge is 0.0948 e. The number of imidazole rings is 1. The summed E-state index contributed by atoms with van der Waals surface area (Å²) >= 11 is 0. The van der Waals surface area contributed by atoms with Gasteiger partial charge in [-0.3, -0.25) is 0 Å². The van der Waals surface area contributed by atoms with Crippen LogP contribution in [0.1, 0.15) is 38.3 Å². The lowest BCUT2D eigenvalue weighted by Crippen LogP contribution is -2.17. The van der Waals surface area contributed by atoms with Gasteiger partial charge in [-0.2, -0.15) is 0 Å². The van der Waals surface area contributed by atoms with Crippen LogP contribution in [0.25, 0.3) is 0 Å². The number of hydrogen-bond acceptors (Lipinski definition) is 2. The first kappa shape index (κ1) is 10.7. The van der Waals surface area contributed by atoms with Crippen molar-refractivity contribution in [1.29, 1.82) is 0 Å². The molecular weight excluding hydrogens is 186 g/mol. The number of nitrogens with one attached hydrogen (secondary N) is 1. The predicted octanol–water partition coefficient (Wildman–Crippen LogP) is 2.18. The van der Waals surface area contributed by atoms with E-state index in [0.29, 0.717) is 0 Å². The molecule has 15 heavy (non-hydrogen) atoms. The standard InChI is InChI=1S/C12H21N3/c1-2-13-7-12-8-14-10-15(12)9-11-5-3-4-6-11/h8,10-11,13H,2-7,9H2,1H3. The molecule has 0 atom stereocenters. The van der Waals surface area contributed by atoms with E-state index < -0.39 is 0 Å². The molecule has 1 fully saturated rings. The molecule has 1 aliphatic rings. The van der Waals surface area contributed by atoms with Crippen LogP contribution in [0, 0.1) is 5.92 Å². The Bertz CT molecular complexity index is 287. The van der Waals surface area contributed by atoms with E-state index in [1.54, 1.807) is 0 Å². The molecule has 84 valence electrons. The summed E-state index contributed by atoms with van der Waals surface area (Å²) in [7, 11) is 0. The van der Waals surface area contributed by atoms with E-state index in [9.17, 15) is 0 Å². The molecular formula is C12H21N3. The SMILES string of the molecule is CCNCc1cncn1CC1CCCC1. The summed E-state index contributed by atoms with van der Waals surface area (Å²) in [6.07, 6.45) is 9.60. The number of nitrogens with zero attached hydrogens (tertiary/aromatic N) is 2. The quantitative estimate of drug-likeness (QED) is 0.802. The third kappa shape index (κ3) is 2.81. The van der Waals surface area contributed by atoms with Crippen LogP contribution in [0.5, 0.6) is 0 Å². The van der Waals surface area contributed by atoms with Crippen LogP contribution in [-0.2, 0) is 13.1 Å². The largest absolute Gasteiger partial charge is 0.333 e. The number of aromatic nitrogens is 2. The molecule has 3 nitrogen and oxygen atoms in total. The summed E-state index contributed by atoms with van der Waals surface area (Å²) in [4.78, 5) is 4.24. The van der Waals surface area contributed by atoms with Crippen LogP contribution in [0.4, 0.5) is 0 Å². The average molecular weight is 207 g/mol. The lowest BCUT2D eigenvalue weighted by molar-refractivity contribution is 0.445. The summed E-state index contributed by atoms with van der Waals surface area (Å²) < 4.78 is 2.32.